The van der Waals surface area contributed by atoms with Crippen LogP contribution in [0, 0.1) is 111 Å². The average molecular weight is 731 g/mol. The smallest absolute Gasteiger partial charge is 0.222 e. The highest BCUT2D eigenvalue weighted by atomic mass is 15.3. The second-order valence-electron chi connectivity index (χ2n) is 14.2. The van der Waals surface area contributed by atoms with Crippen molar-refractivity contribution in [1.82, 2.24) is 58.4 Å². The van der Waals surface area contributed by atoms with Gasteiger partial charge in [0, 0.05) is 0 Å². The average Bonchev–Trinajstić information content (AvgIpc) is 3.84. The molecule has 284 valence electrons. The number of imidazole rings is 4. The number of nitrogens with zero attached hydrogens (tertiary/aromatic N) is 12. The number of hydrogen-bond donors (Lipinski definition) is 2. The fourth-order valence-electron chi connectivity index (χ4n) is 6.58. The lowest BCUT2D eigenvalue weighted by molar-refractivity contribution is 0.838. The van der Waals surface area contributed by atoms with Crippen LogP contribution in [0.4, 0.5) is 11.8 Å². The molecule has 0 saturated heterocycles. The van der Waals surface area contributed by atoms with E-state index in [9.17, 15) is 0 Å². The van der Waals surface area contributed by atoms with E-state index in [4.69, 9.17) is 11.5 Å². The van der Waals surface area contributed by atoms with Crippen LogP contribution < -0.4 is 11.5 Å². The maximum Gasteiger partial charge on any atom is 0.222 e. The fraction of sp³-hybridized carbons (Fsp3) is 0.400. The van der Waals surface area contributed by atoms with Crippen molar-refractivity contribution in [2.75, 3.05) is 11.5 Å². The molecule has 0 bridgehead atoms. The Bertz CT molecular complexity index is 2610. The number of aromatic nitrogens is 12. The molecule has 0 fully saturated rings. The quantitative estimate of drug-likeness (QED) is 0.165. The fourth-order valence-corrected chi connectivity index (χ4v) is 6.58. The summed E-state index contributed by atoms with van der Waals surface area (Å²) in [6, 6.07) is 0. The Morgan fingerprint density at radius 1 is 0.407 bits per heavy atom. The van der Waals surface area contributed by atoms with E-state index < -0.39 is 0 Å². The molecule has 0 atom stereocenters. The Balaban J connectivity index is 0.000000139. The minimum Gasteiger partial charge on any atom is -0.382 e. The molecule has 4 N–H and O–H groups in total. The molecular formula is C40H54N14. The van der Waals surface area contributed by atoms with E-state index in [2.05, 4.69) is 95.7 Å². The molecule has 8 aromatic rings. The van der Waals surface area contributed by atoms with E-state index in [1.807, 2.05) is 75.1 Å². The first-order chi connectivity index (χ1) is 25.3. The van der Waals surface area contributed by atoms with Gasteiger partial charge in [-0.1, -0.05) is 0 Å². The maximum atomic E-state index is 5.82. The van der Waals surface area contributed by atoms with Gasteiger partial charge in [0.25, 0.3) is 0 Å². The first kappa shape index (κ1) is 39.3. The largest absolute Gasteiger partial charge is 0.382 e. The second kappa shape index (κ2) is 14.8. The standard InChI is InChI=1S/2C10H14N4.2C10H13N3/c1-5-6(2)9-10(11)12-8(4)14(9)13-7(5)3;1-5-6(2)9-8(4)12-10(11)14(9)13-7(5)3;1-6-7(2)10-9(4)11-5-13(10)12-8(6)3;1-6-7(2)10-5-11-9(4)13(10)12-8(6)3/h11H2,1-4H3;1-4H3,(H2,11,12);2*5H,1-4H3. The number of aryl methyl sites for hydroxylation is 12. The molecule has 8 heterocycles. The van der Waals surface area contributed by atoms with Crippen LogP contribution in [0.2, 0.25) is 0 Å². The normalized spacial score (nSPS) is 11.1. The van der Waals surface area contributed by atoms with E-state index in [0.29, 0.717) is 11.8 Å². The van der Waals surface area contributed by atoms with Gasteiger partial charge in [0.1, 0.15) is 23.5 Å². The second-order valence-corrected chi connectivity index (χ2v) is 14.2. The summed E-state index contributed by atoms with van der Waals surface area (Å²) in [7, 11) is 0. The highest BCUT2D eigenvalue weighted by molar-refractivity contribution is 5.72. The van der Waals surface area contributed by atoms with Gasteiger partial charge in [-0.25, -0.2) is 33.5 Å². The zero-order chi connectivity index (χ0) is 40.1. The molecule has 0 aromatic carbocycles. The van der Waals surface area contributed by atoms with Gasteiger partial charge < -0.3 is 11.5 Å². The Morgan fingerprint density at radius 3 is 1.48 bits per heavy atom. The van der Waals surface area contributed by atoms with Gasteiger partial charge in [-0.15, -0.1) is 0 Å². The summed E-state index contributed by atoms with van der Waals surface area (Å²) in [5, 5.41) is 17.7. The van der Waals surface area contributed by atoms with E-state index in [0.717, 1.165) is 73.4 Å². The van der Waals surface area contributed by atoms with Crippen molar-refractivity contribution < 1.29 is 0 Å². The van der Waals surface area contributed by atoms with Crippen molar-refractivity contribution >= 4 is 33.8 Å². The third-order valence-electron chi connectivity index (χ3n) is 10.8. The molecule has 8 rings (SSSR count). The minimum absolute atomic E-state index is 0.462. The molecule has 0 aliphatic heterocycles. The lowest BCUT2D eigenvalue weighted by atomic mass is 10.1. The SMILES string of the molecule is Cc1nn2c(C)nc(N)c2c(C)c1C.Cc1nn2c(C)ncc2c(C)c1C.Cc1nn2c(N)nc(C)c2c(C)c1C.Cc1nn2cnc(C)c2c(C)c1C. The molecule has 0 aliphatic rings. The molecule has 0 saturated carbocycles. The number of rotatable bonds is 0. The van der Waals surface area contributed by atoms with Gasteiger partial charge in [0.15, 0.2) is 5.82 Å². The minimum atomic E-state index is 0.462. The molecule has 0 amide bonds. The summed E-state index contributed by atoms with van der Waals surface area (Å²) >= 11 is 0. The van der Waals surface area contributed by atoms with Gasteiger partial charge in [-0.2, -0.15) is 24.9 Å². The van der Waals surface area contributed by atoms with Crippen LogP contribution in [0.25, 0.3) is 22.1 Å². The summed E-state index contributed by atoms with van der Waals surface area (Å²) in [4.78, 5) is 16.9. The third kappa shape index (κ3) is 6.95. The Hall–Kier alpha value is -5.92. The van der Waals surface area contributed by atoms with Crippen LogP contribution in [0.5, 0.6) is 0 Å². The predicted octanol–water partition coefficient (Wildman–Crippen LogP) is 7.02. The first-order valence-electron chi connectivity index (χ1n) is 18.0. The summed E-state index contributed by atoms with van der Waals surface area (Å²) in [5.74, 6) is 2.81. The molecule has 54 heavy (non-hydrogen) atoms. The predicted molar refractivity (Wildman–Crippen MR) is 217 cm³/mol. The zero-order valence-corrected chi connectivity index (χ0v) is 34.7. The monoisotopic (exact) mass is 730 g/mol. The maximum absolute atomic E-state index is 5.82. The van der Waals surface area contributed by atoms with Crippen molar-refractivity contribution in [3.8, 4) is 0 Å². The number of hydrogen-bond acceptors (Lipinski definition) is 10. The van der Waals surface area contributed by atoms with Crippen molar-refractivity contribution in [1.29, 1.82) is 0 Å². The molecule has 14 nitrogen and oxygen atoms in total. The highest BCUT2D eigenvalue weighted by Crippen LogP contribution is 2.23. The number of fused-ring (bicyclic) bond motifs is 4. The topological polar surface area (TPSA) is 173 Å². The Kier molecular flexibility index (Phi) is 10.8. The van der Waals surface area contributed by atoms with Crippen molar-refractivity contribution in [2.45, 2.75) is 111 Å². The lowest BCUT2D eigenvalue weighted by Gasteiger charge is -2.06. The Morgan fingerprint density at radius 2 is 0.889 bits per heavy atom. The van der Waals surface area contributed by atoms with E-state index >= 15 is 0 Å². The van der Waals surface area contributed by atoms with Crippen molar-refractivity contribution in [3.05, 3.63) is 103 Å². The molecule has 0 radical (unpaired) electrons. The van der Waals surface area contributed by atoms with Gasteiger partial charge in [-0.05, 0) is 155 Å². The molecule has 8 aromatic heterocycles. The third-order valence-corrected chi connectivity index (χ3v) is 10.8. The molecule has 0 spiro atoms. The van der Waals surface area contributed by atoms with Crippen molar-refractivity contribution in [3.63, 3.8) is 0 Å². The van der Waals surface area contributed by atoms with E-state index in [1.165, 1.54) is 38.9 Å². The van der Waals surface area contributed by atoms with Gasteiger partial charge in [-0.3, -0.25) is 0 Å². The van der Waals surface area contributed by atoms with Gasteiger partial charge in [0.2, 0.25) is 5.95 Å². The molecule has 0 unspecified atom stereocenters. The highest BCUT2D eigenvalue weighted by Gasteiger charge is 2.14. The van der Waals surface area contributed by atoms with Crippen LogP contribution in [0.15, 0.2) is 12.5 Å². The van der Waals surface area contributed by atoms with Crippen LogP contribution in [-0.2, 0) is 0 Å². The summed E-state index contributed by atoms with van der Waals surface area (Å²) in [5.41, 5.74) is 31.8. The zero-order valence-electron chi connectivity index (χ0n) is 34.7. The van der Waals surface area contributed by atoms with Crippen LogP contribution in [-0.4, -0.2) is 58.4 Å². The van der Waals surface area contributed by atoms with E-state index in [1.54, 1.807) is 10.8 Å². The summed E-state index contributed by atoms with van der Waals surface area (Å²) in [6.45, 7) is 32.6. The Labute approximate surface area is 316 Å². The van der Waals surface area contributed by atoms with Gasteiger partial charge >= 0.3 is 0 Å². The lowest BCUT2D eigenvalue weighted by Crippen LogP contribution is -2.03. The number of nitrogens with two attached hydrogens (primary N) is 2. The summed E-state index contributed by atoms with van der Waals surface area (Å²) in [6.07, 6.45) is 3.65. The van der Waals surface area contributed by atoms with E-state index in [-0.39, 0.29) is 0 Å². The number of nitrogen functional groups attached to an aromatic ring is 2. The van der Waals surface area contributed by atoms with Gasteiger partial charge in [0.05, 0.1) is 56.9 Å². The first-order valence-corrected chi connectivity index (χ1v) is 18.0. The molecule has 0 aliphatic carbocycles. The molecular weight excluding hydrogens is 677 g/mol. The molecule has 14 heteroatoms. The van der Waals surface area contributed by atoms with Crippen LogP contribution >= 0.6 is 0 Å². The van der Waals surface area contributed by atoms with Crippen molar-refractivity contribution in [2.24, 2.45) is 0 Å². The van der Waals surface area contributed by atoms with Crippen LogP contribution in [0.1, 0.15) is 90.3 Å². The number of anilines is 2. The van der Waals surface area contributed by atoms with Crippen LogP contribution in [0.3, 0.4) is 0 Å². The summed E-state index contributed by atoms with van der Waals surface area (Å²) < 4.78 is 7.28.